The molecule has 0 aliphatic carbocycles. The number of phenols is 1. The largest absolute Gasteiger partial charge is 0.508 e. The molecule has 1 amide bonds. The van der Waals surface area contributed by atoms with Crippen molar-refractivity contribution in [1.29, 1.82) is 0 Å². The van der Waals surface area contributed by atoms with E-state index < -0.39 is 0 Å². The Kier molecular flexibility index (Phi) is 4.82. The van der Waals surface area contributed by atoms with Gasteiger partial charge in [0.15, 0.2) is 6.61 Å². The Labute approximate surface area is 102 Å². The van der Waals surface area contributed by atoms with Crippen LogP contribution in [0.3, 0.4) is 0 Å². The molecule has 0 saturated heterocycles. The molecule has 1 aromatic rings. The van der Waals surface area contributed by atoms with Crippen molar-refractivity contribution in [3.63, 3.8) is 0 Å². The van der Waals surface area contributed by atoms with Crippen LogP contribution < -0.4 is 4.74 Å². The summed E-state index contributed by atoms with van der Waals surface area (Å²) in [7, 11) is 0. The zero-order chi connectivity index (χ0) is 12.8. The summed E-state index contributed by atoms with van der Waals surface area (Å²) in [4.78, 5) is 13.6. The molecular formula is C13H19NO3. The molecule has 0 saturated carbocycles. The van der Waals surface area contributed by atoms with Crippen molar-refractivity contribution in [2.75, 3.05) is 13.2 Å². The molecule has 0 bridgehead atoms. The van der Waals surface area contributed by atoms with Crippen LogP contribution in [0.2, 0.25) is 0 Å². The molecule has 0 spiro atoms. The van der Waals surface area contributed by atoms with E-state index in [2.05, 4.69) is 0 Å². The van der Waals surface area contributed by atoms with E-state index >= 15 is 0 Å². The van der Waals surface area contributed by atoms with E-state index in [9.17, 15) is 4.79 Å². The maximum Gasteiger partial charge on any atom is 0.260 e. The quantitative estimate of drug-likeness (QED) is 0.852. The van der Waals surface area contributed by atoms with Crippen molar-refractivity contribution in [3.8, 4) is 11.5 Å². The summed E-state index contributed by atoms with van der Waals surface area (Å²) in [5.41, 5.74) is 0. The third kappa shape index (κ3) is 3.98. The van der Waals surface area contributed by atoms with Crippen molar-refractivity contribution in [1.82, 2.24) is 4.90 Å². The summed E-state index contributed by atoms with van der Waals surface area (Å²) in [5.74, 6) is 0.729. The molecule has 0 aromatic heterocycles. The molecule has 4 heteroatoms. The normalized spacial score (nSPS) is 10.4. The summed E-state index contributed by atoms with van der Waals surface area (Å²) >= 11 is 0. The van der Waals surface area contributed by atoms with E-state index in [1.807, 2.05) is 20.8 Å². The van der Waals surface area contributed by atoms with Crippen molar-refractivity contribution < 1.29 is 14.6 Å². The van der Waals surface area contributed by atoms with Crippen LogP contribution in [0.15, 0.2) is 24.3 Å². The number of aromatic hydroxyl groups is 1. The first-order chi connectivity index (χ1) is 8.04. The minimum atomic E-state index is -0.0319. The highest BCUT2D eigenvalue weighted by Gasteiger charge is 2.15. The number of ether oxygens (including phenoxy) is 1. The molecule has 1 rings (SSSR count). The van der Waals surface area contributed by atoms with Gasteiger partial charge in [0.1, 0.15) is 11.5 Å². The summed E-state index contributed by atoms with van der Waals surface area (Å²) < 4.78 is 5.35. The van der Waals surface area contributed by atoms with Gasteiger partial charge in [0.2, 0.25) is 0 Å². The van der Waals surface area contributed by atoms with Crippen molar-refractivity contribution in [3.05, 3.63) is 24.3 Å². The summed E-state index contributed by atoms with van der Waals surface area (Å²) in [6.45, 7) is 6.59. The molecule has 0 aliphatic rings. The van der Waals surface area contributed by atoms with Gasteiger partial charge in [-0.25, -0.2) is 0 Å². The lowest BCUT2D eigenvalue weighted by Gasteiger charge is -2.25. The van der Waals surface area contributed by atoms with Gasteiger partial charge in [0.05, 0.1) is 0 Å². The fourth-order valence-electron chi connectivity index (χ4n) is 1.60. The number of carbonyl (C=O) groups excluding carboxylic acids is 1. The molecule has 0 aliphatic heterocycles. The van der Waals surface area contributed by atoms with Gasteiger partial charge in [-0.05, 0) is 45.0 Å². The molecule has 0 atom stereocenters. The monoisotopic (exact) mass is 237 g/mol. The summed E-state index contributed by atoms with van der Waals surface area (Å²) in [6.07, 6.45) is 0. The van der Waals surface area contributed by atoms with Crippen LogP contribution in [-0.4, -0.2) is 35.1 Å². The Balaban J connectivity index is 2.50. The Morgan fingerprint density at radius 3 is 2.41 bits per heavy atom. The second-order valence-electron chi connectivity index (χ2n) is 4.06. The first-order valence-corrected chi connectivity index (χ1v) is 5.76. The van der Waals surface area contributed by atoms with Crippen molar-refractivity contribution in [2.24, 2.45) is 0 Å². The van der Waals surface area contributed by atoms with Gasteiger partial charge in [-0.1, -0.05) is 0 Å². The number of rotatable bonds is 5. The Morgan fingerprint density at radius 1 is 1.35 bits per heavy atom. The van der Waals surface area contributed by atoms with Gasteiger partial charge >= 0.3 is 0 Å². The fraction of sp³-hybridized carbons (Fsp3) is 0.462. The fourth-order valence-corrected chi connectivity index (χ4v) is 1.60. The predicted molar refractivity (Wildman–Crippen MR) is 66.1 cm³/mol. The van der Waals surface area contributed by atoms with E-state index in [-0.39, 0.29) is 24.3 Å². The molecule has 4 nitrogen and oxygen atoms in total. The van der Waals surface area contributed by atoms with E-state index in [4.69, 9.17) is 9.84 Å². The molecule has 17 heavy (non-hydrogen) atoms. The Bertz CT molecular complexity index is 359. The minimum absolute atomic E-state index is 0.0246. The predicted octanol–water partition coefficient (Wildman–Crippen LogP) is 2.03. The van der Waals surface area contributed by atoms with E-state index in [1.54, 1.807) is 17.0 Å². The highest BCUT2D eigenvalue weighted by molar-refractivity contribution is 5.78. The van der Waals surface area contributed by atoms with Gasteiger partial charge in [0.25, 0.3) is 5.91 Å². The number of nitrogens with zero attached hydrogens (tertiary/aromatic N) is 1. The van der Waals surface area contributed by atoms with Crippen LogP contribution in [0, 0.1) is 0 Å². The summed E-state index contributed by atoms with van der Waals surface area (Å²) in [6, 6.07) is 6.50. The van der Waals surface area contributed by atoms with Crippen molar-refractivity contribution in [2.45, 2.75) is 26.8 Å². The third-order valence-corrected chi connectivity index (χ3v) is 2.48. The van der Waals surface area contributed by atoms with Gasteiger partial charge in [-0.3, -0.25) is 4.79 Å². The average Bonchev–Trinajstić information content (AvgIpc) is 2.28. The number of benzene rings is 1. The maximum atomic E-state index is 11.8. The first-order valence-electron chi connectivity index (χ1n) is 5.76. The number of carbonyl (C=O) groups is 1. The lowest BCUT2D eigenvalue weighted by Crippen LogP contribution is -2.39. The van der Waals surface area contributed by atoms with Crippen LogP contribution >= 0.6 is 0 Å². The van der Waals surface area contributed by atoms with Crippen LogP contribution in [0.4, 0.5) is 0 Å². The molecule has 0 fully saturated rings. The van der Waals surface area contributed by atoms with Gasteiger partial charge < -0.3 is 14.7 Å². The number of phenolic OH excluding ortho intramolecular Hbond substituents is 1. The van der Waals surface area contributed by atoms with Crippen LogP contribution in [0.25, 0.3) is 0 Å². The third-order valence-electron chi connectivity index (χ3n) is 2.48. The smallest absolute Gasteiger partial charge is 0.260 e. The lowest BCUT2D eigenvalue weighted by molar-refractivity contribution is -0.134. The average molecular weight is 237 g/mol. The molecular weight excluding hydrogens is 218 g/mol. The number of hydrogen-bond donors (Lipinski definition) is 1. The van der Waals surface area contributed by atoms with Gasteiger partial charge in [-0.2, -0.15) is 0 Å². The number of amides is 1. The first kappa shape index (κ1) is 13.4. The lowest BCUT2D eigenvalue weighted by atomic mass is 10.3. The van der Waals surface area contributed by atoms with Crippen LogP contribution in [0.5, 0.6) is 11.5 Å². The highest BCUT2D eigenvalue weighted by atomic mass is 16.5. The minimum Gasteiger partial charge on any atom is -0.508 e. The van der Waals surface area contributed by atoms with Gasteiger partial charge in [-0.15, -0.1) is 0 Å². The standard InChI is InChI=1S/C13H19NO3/c1-4-14(10(2)3)13(16)9-17-12-7-5-11(15)6-8-12/h5-8,10,15H,4,9H2,1-3H3. The molecule has 0 unspecified atom stereocenters. The molecule has 0 radical (unpaired) electrons. The maximum absolute atomic E-state index is 11.8. The zero-order valence-corrected chi connectivity index (χ0v) is 10.5. The molecule has 1 aromatic carbocycles. The van der Waals surface area contributed by atoms with E-state index in [0.29, 0.717) is 12.3 Å². The second-order valence-corrected chi connectivity index (χ2v) is 4.06. The molecule has 94 valence electrons. The Hall–Kier alpha value is -1.71. The Morgan fingerprint density at radius 2 is 1.94 bits per heavy atom. The van der Waals surface area contributed by atoms with Gasteiger partial charge in [0, 0.05) is 12.6 Å². The zero-order valence-electron chi connectivity index (χ0n) is 10.5. The summed E-state index contributed by atoms with van der Waals surface area (Å²) in [5, 5.41) is 9.10. The number of hydrogen-bond acceptors (Lipinski definition) is 3. The van der Waals surface area contributed by atoms with E-state index in [1.165, 1.54) is 12.1 Å². The van der Waals surface area contributed by atoms with Crippen molar-refractivity contribution >= 4 is 5.91 Å². The van der Waals surface area contributed by atoms with Crippen LogP contribution in [0.1, 0.15) is 20.8 Å². The second kappa shape index (κ2) is 6.13. The topological polar surface area (TPSA) is 49.8 Å². The number of likely N-dealkylation sites (N-methyl/N-ethyl adjacent to an activating group) is 1. The molecule has 1 N–H and O–H groups in total. The molecule has 0 heterocycles. The van der Waals surface area contributed by atoms with Crippen LogP contribution in [-0.2, 0) is 4.79 Å². The highest BCUT2D eigenvalue weighted by Crippen LogP contribution is 2.15. The SMILES string of the molecule is CCN(C(=O)COc1ccc(O)cc1)C(C)C. The van der Waals surface area contributed by atoms with E-state index in [0.717, 1.165) is 0 Å².